The van der Waals surface area contributed by atoms with Gasteiger partial charge in [-0.25, -0.2) is 4.79 Å². The van der Waals surface area contributed by atoms with E-state index in [1.807, 2.05) is 6.07 Å². The number of nitriles is 1. The van der Waals surface area contributed by atoms with Crippen molar-refractivity contribution in [1.82, 2.24) is 4.98 Å². The molecule has 0 aliphatic carbocycles. The molecule has 0 aliphatic heterocycles. The van der Waals surface area contributed by atoms with Gasteiger partial charge in [0.2, 0.25) is 5.91 Å². The molecule has 0 radical (unpaired) electrons. The molecule has 0 aliphatic rings. The lowest BCUT2D eigenvalue weighted by Crippen LogP contribution is -2.23. The van der Waals surface area contributed by atoms with Crippen LogP contribution in [0.25, 0.3) is 10.9 Å². The number of primary amides is 1. The number of benzene rings is 1. The molecule has 0 fully saturated rings. The van der Waals surface area contributed by atoms with Crippen LogP contribution in [0.4, 0.5) is 0 Å². The lowest BCUT2D eigenvalue weighted by molar-refractivity contribution is -0.120. The lowest BCUT2D eigenvalue weighted by atomic mass is 9.97. The summed E-state index contributed by atoms with van der Waals surface area (Å²) in [6.45, 7) is 0. The minimum atomic E-state index is -0.931. The van der Waals surface area contributed by atoms with Crippen molar-refractivity contribution < 1.29 is 14.3 Å². The number of carbonyl (C=O) groups is 2. The Morgan fingerprint density at radius 2 is 2.25 bits per heavy atom. The number of amides is 1. The van der Waals surface area contributed by atoms with E-state index in [2.05, 4.69) is 4.98 Å². The summed E-state index contributed by atoms with van der Waals surface area (Å²) in [5.74, 6) is -2.08. The first-order valence-corrected chi connectivity index (χ1v) is 5.94. The molecule has 1 atom stereocenters. The first-order chi connectivity index (χ1) is 9.58. The van der Waals surface area contributed by atoms with Gasteiger partial charge in [0.1, 0.15) is 5.92 Å². The van der Waals surface area contributed by atoms with Crippen LogP contribution in [0.3, 0.4) is 0 Å². The van der Waals surface area contributed by atoms with Crippen LogP contribution in [0, 0.1) is 17.2 Å². The quantitative estimate of drug-likeness (QED) is 0.812. The molecule has 1 aromatic heterocycles. The molecule has 1 amide bonds. The number of hydrogen-bond donors (Lipinski definition) is 2. The number of nitrogens with zero attached hydrogens (tertiary/aromatic N) is 1. The summed E-state index contributed by atoms with van der Waals surface area (Å²) < 4.78 is 4.74. The van der Waals surface area contributed by atoms with Crippen LogP contribution < -0.4 is 5.73 Å². The van der Waals surface area contributed by atoms with Crippen molar-refractivity contribution in [2.24, 2.45) is 11.7 Å². The molecule has 6 heteroatoms. The number of nitrogens with two attached hydrogens (primary N) is 1. The monoisotopic (exact) mass is 271 g/mol. The molecule has 20 heavy (non-hydrogen) atoms. The maximum Gasteiger partial charge on any atom is 0.338 e. The summed E-state index contributed by atoms with van der Waals surface area (Å²) in [4.78, 5) is 25.9. The summed E-state index contributed by atoms with van der Waals surface area (Å²) >= 11 is 0. The van der Waals surface area contributed by atoms with Gasteiger partial charge in [0.25, 0.3) is 0 Å². The first-order valence-electron chi connectivity index (χ1n) is 5.94. The van der Waals surface area contributed by atoms with Crippen molar-refractivity contribution in [3.63, 3.8) is 0 Å². The molecule has 0 saturated heterocycles. The highest BCUT2D eigenvalue weighted by Crippen LogP contribution is 2.25. The zero-order chi connectivity index (χ0) is 14.7. The predicted octanol–water partition coefficient (Wildman–Crippen LogP) is 1.12. The van der Waals surface area contributed by atoms with Gasteiger partial charge in [0.15, 0.2) is 0 Å². The number of esters is 1. The largest absolute Gasteiger partial charge is 0.465 e. The van der Waals surface area contributed by atoms with Gasteiger partial charge in [-0.05, 0) is 24.1 Å². The summed E-state index contributed by atoms with van der Waals surface area (Å²) in [6, 6.07) is 7.03. The Morgan fingerprint density at radius 3 is 2.85 bits per heavy atom. The Bertz CT molecular complexity index is 712. The second-order valence-corrected chi connectivity index (χ2v) is 4.32. The molecule has 6 nitrogen and oxygen atoms in total. The minimum Gasteiger partial charge on any atom is -0.465 e. The lowest BCUT2D eigenvalue weighted by Gasteiger charge is -2.06. The van der Waals surface area contributed by atoms with Crippen molar-refractivity contribution in [3.05, 3.63) is 35.5 Å². The maximum absolute atomic E-state index is 11.8. The average molecular weight is 271 g/mol. The third-order valence-corrected chi connectivity index (χ3v) is 3.12. The highest BCUT2D eigenvalue weighted by atomic mass is 16.5. The summed E-state index contributed by atoms with van der Waals surface area (Å²) in [7, 11) is 1.30. The van der Waals surface area contributed by atoms with Crippen LogP contribution in [0.2, 0.25) is 0 Å². The standard InChI is InChI=1S/C14H13N3O3/c1-20-14(19)10-3-2-4-11-12(10)9(7-17-11)5-8(6-15)13(16)18/h2-4,7-8,17H,5H2,1H3,(H2,16,18)/t8-/m0/s1. The second-order valence-electron chi connectivity index (χ2n) is 4.32. The van der Waals surface area contributed by atoms with Gasteiger partial charge in [-0.1, -0.05) is 6.07 Å². The fourth-order valence-electron chi connectivity index (χ4n) is 2.13. The molecule has 0 saturated carbocycles. The van der Waals surface area contributed by atoms with Crippen LogP contribution in [-0.2, 0) is 16.0 Å². The summed E-state index contributed by atoms with van der Waals surface area (Å²) in [5.41, 5.74) is 6.99. The number of carbonyl (C=O) groups excluding carboxylic acids is 2. The van der Waals surface area contributed by atoms with E-state index in [0.29, 0.717) is 16.5 Å². The molecular weight excluding hydrogens is 258 g/mol. The number of hydrogen-bond acceptors (Lipinski definition) is 4. The zero-order valence-electron chi connectivity index (χ0n) is 10.8. The van der Waals surface area contributed by atoms with Gasteiger partial charge < -0.3 is 15.5 Å². The fraction of sp³-hybridized carbons (Fsp3) is 0.214. The van der Waals surface area contributed by atoms with Gasteiger partial charge in [0, 0.05) is 17.1 Å². The minimum absolute atomic E-state index is 0.153. The maximum atomic E-state index is 11.8. The van der Waals surface area contributed by atoms with E-state index in [1.165, 1.54) is 7.11 Å². The zero-order valence-corrected chi connectivity index (χ0v) is 10.8. The number of aromatic nitrogens is 1. The molecule has 1 heterocycles. The Balaban J connectivity index is 2.53. The normalized spacial score (nSPS) is 11.8. The van der Waals surface area contributed by atoms with E-state index < -0.39 is 17.8 Å². The van der Waals surface area contributed by atoms with Gasteiger partial charge >= 0.3 is 5.97 Å². The highest BCUT2D eigenvalue weighted by molar-refractivity contribution is 6.05. The summed E-state index contributed by atoms with van der Waals surface area (Å²) in [6.07, 6.45) is 1.82. The molecule has 0 unspecified atom stereocenters. The van der Waals surface area contributed by atoms with Crippen molar-refractivity contribution in [2.75, 3.05) is 7.11 Å². The van der Waals surface area contributed by atoms with E-state index in [4.69, 9.17) is 15.7 Å². The van der Waals surface area contributed by atoms with Gasteiger partial charge in [-0.3, -0.25) is 4.79 Å². The molecule has 3 N–H and O–H groups in total. The third-order valence-electron chi connectivity index (χ3n) is 3.12. The Morgan fingerprint density at radius 1 is 1.50 bits per heavy atom. The van der Waals surface area contributed by atoms with Crippen LogP contribution in [0.1, 0.15) is 15.9 Å². The van der Waals surface area contributed by atoms with Gasteiger partial charge in [-0.15, -0.1) is 0 Å². The number of H-pyrrole nitrogens is 1. The Labute approximate surface area is 115 Å². The first kappa shape index (κ1) is 13.6. The number of fused-ring (bicyclic) bond motifs is 1. The number of aromatic amines is 1. The molecule has 2 rings (SSSR count). The smallest absolute Gasteiger partial charge is 0.338 e. The second kappa shape index (κ2) is 5.45. The van der Waals surface area contributed by atoms with E-state index in [1.54, 1.807) is 24.4 Å². The molecular formula is C14H13N3O3. The van der Waals surface area contributed by atoms with E-state index in [0.717, 1.165) is 5.52 Å². The molecule has 0 bridgehead atoms. The Kier molecular flexibility index (Phi) is 3.71. The van der Waals surface area contributed by atoms with Crippen LogP contribution in [0.5, 0.6) is 0 Å². The van der Waals surface area contributed by atoms with Crippen LogP contribution >= 0.6 is 0 Å². The SMILES string of the molecule is COC(=O)c1cccc2[nH]cc(C[C@@H](C#N)C(N)=O)c12. The van der Waals surface area contributed by atoms with Crippen molar-refractivity contribution >= 4 is 22.8 Å². The molecule has 102 valence electrons. The average Bonchev–Trinajstić information content (AvgIpc) is 2.86. The number of rotatable bonds is 4. The number of methoxy groups -OCH3 is 1. The van der Waals surface area contributed by atoms with Crippen LogP contribution in [-0.4, -0.2) is 24.0 Å². The van der Waals surface area contributed by atoms with Crippen molar-refractivity contribution in [1.29, 1.82) is 5.26 Å². The van der Waals surface area contributed by atoms with Gasteiger partial charge in [-0.2, -0.15) is 5.26 Å². The summed E-state index contributed by atoms with van der Waals surface area (Å²) in [5, 5.41) is 9.59. The fourth-order valence-corrected chi connectivity index (χ4v) is 2.13. The van der Waals surface area contributed by atoms with Gasteiger partial charge in [0.05, 0.1) is 18.7 Å². The Hall–Kier alpha value is -2.81. The number of nitrogens with one attached hydrogen (secondary N) is 1. The van der Waals surface area contributed by atoms with Crippen LogP contribution in [0.15, 0.2) is 24.4 Å². The van der Waals surface area contributed by atoms with Crippen molar-refractivity contribution in [3.8, 4) is 6.07 Å². The predicted molar refractivity (Wildman–Crippen MR) is 71.6 cm³/mol. The highest BCUT2D eigenvalue weighted by Gasteiger charge is 2.20. The van der Waals surface area contributed by atoms with E-state index in [-0.39, 0.29) is 6.42 Å². The molecule has 0 spiro atoms. The molecule has 1 aromatic carbocycles. The number of ether oxygens (including phenoxy) is 1. The molecule has 2 aromatic rings. The third kappa shape index (κ3) is 2.34. The van der Waals surface area contributed by atoms with E-state index in [9.17, 15) is 9.59 Å². The van der Waals surface area contributed by atoms with E-state index >= 15 is 0 Å². The topological polar surface area (TPSA) is 109 Å². The van der Waals surface area contributed by atoms with Crippen molar-refractivity contribution in [2.45, 2.75) is 6.42 Å².